The summed E-state index contributed by atoms with van der Waals surface area (Å²) in [5, 5.41) is 0.282. The van der Waals surface area contributed by atoms with Crippen molar-refractivity contribution in [2.45, 2.75) is 25.2 Å². The first-order valence-electron chi connectivity index (χ1n) is 6.25. The molecule has 4 nitrogen and oxygen atoms in total. The topological polar surface area (TPSA) is 52.6 Å². The number of hydrogen-bond donors (Lipinski definition) is 0. The summed E-state index contributed by atoms with van der Waals surface area (Å²) in [6.45, 7) is 5.52. The summed E-state index contributed by atoms with van der Waals surface area (Å²) in [5.41, 5.74) is 0. The SMILES string of the molecule is CC(C)CCOCCOc1ccc(Cl)cc1S(=O)(=O)Cl. The van der Waals surface area contributed by atoms with Crippen LogP contribution in [0.2, 0.25) is 5.02 Å². The lowest BCUT2D eigenvalue weighted by Gasteiger charge is -2.11. The highest BCUT2D eigenvalue weighted by atomic mass is 35.7. The highest BCUT2D eigenvalue weighted by Gasteiger charge is 2.17. The average Bonchev–Trinajstić information content (AvgIpc) is 2.33. The molecule has 0 saturated carbocycles. The smallest absolute Gasteiger partial charge is 0.265 e. The van der Waals surface area contributed by atoms with Gasteiger partial charge in [0.25, 0.3) is 9.05 Å². The Morgan fingerprint density at radius 1 is 1.20 bits per heavy atom. The van der Waals surface area contributed by atoms with Gasteiger partial charge in [-0.25, -0.2) is 8.42 Å². The van der Waals surface area contributed by atoms with Crippen molar-refractivity contribution in [3.63, 3.8) is 0 Å². The third kappa shape index (κ3) is 6.31. The number of halogens is 2. The molecule has 0 N–H and O–H groups in total. The quantitative estimate of drug-likeness (QED) is 0.534. The molecule has 0 aliphatic carbocycles. The Hall–Kier alpha value is -0.490. The maximum atomic E-state index is 11.4. The van der Waals surface area contributed by atoms with Crippen molar-refractivity contribution in [1.29, 1.82) is 0 Å². The van der Waals surface area contributed by atoms with E-state index in [1.807, 2.05) is 0 Å². The Kier molecular flexibility index (Phi) is 7.09. The first-order valence-corrected chi connectivity index (χ1v) is 8.94. The van der Waals surface area contributed by atoms with E-state index >= 15 is 0 Å². The van der Waals surface area contributed by atoms with Crippen molar-refractivity contribution in [1.82, 2.24) is 0 Å². The summed E-state index contributed by atoms with van der Waals surface area (Å²) in [4.78, 5) is -0.131. The Labute approximate surface area is 129 Å². The summed E-state index contributed by atoms with van der Waals surface area (Å²) in [5.74, 6) is 0.761. The molecule has 0 aliphatic rings. The summed E-state index contributed by atoms with van der Waals surface area (Å²) >= 11 is 5.75. The van der Waals surface area contributed by atoms with Gasteiger partial charge in [-0.3, -0.25) is 0 Å². The van der Waals surface area contributed by atoms with Crippen LogP contribution in [0.1, 0.15) is 20.3 Å². The Morgan fingerprint density at radius 3 is 2.50 bits per heavy atom. The molecule has 1 aromatic carbocycles. The van der Waals surface area contributed by atoms with Gasteiger partial charge in [-0.2, -0.15) is 0 Å². The van der Waals surface area contributed by atoms with Crippen LogP contribution in [0.3, 0.4) is 0 Å². The van der Waals surface area contributed by atoms with Crippen LogP contribution < -0.4 is 4.74 Å². The number of benzene rings is 1. The van der Waals surface area contributed by atoms with E-state index in [0.717, 1.165) is 6.42 Å². The first kappa shape index (κ1) is 17.6. The minimum absolute atomic E-state index is 0.131. The number of ether oxygens (including phenoxy) is 2. The normalized spacial score (nSPS) is 11.8. The van der Waals surface area contributed by atoms with Crippen molar-refractivity contribution in [3.05, 3.63) is 23.2 Å². The molecule has 0 atom stereocenters. The molecule has 1 rings (SSSR count). The van der Waals surface area contributed by atoms with Crippen LogP contribution >= 0.6 is 22.3 Å². The Morgan fingerprint density at radius 2 is 1.90 bits per heavy atom. The predicted octanol–water partition coefficient (Wildman–Crippen LogP) is 3.71. The molecule has 0 bridgehead atoms. The lowest BCUT2D eigenvalue weighted by atomic mass is 10.1. The van der Waals surface area contributed by atoms with Crippen molar-refractivity contribution >= 4 is 31.3 Å². The summed E-state index contributed by atoms with van der Waals surface area (Å²) < 4.78 is 33.6. The fraction of sp³-hybridized carbons (Fsp3) is 0.538. The first-order chi connectivity index (χ1) is 9.30. The van der Waals surface area contributed by atoms with Gasteiger partial charge in [0.1, 0.15) is 17.3 Å². The van der Waals surface area contributed by atoms with Gasteiger partial charge in [0.2, 0.25) is 0 Å². The zero-order valence-corrected chi connectivity index (χ0v) is 13.8. The third-order valence-electron chi connectivity index (χ3n) is 2.49. The predicted molar refractivity (Wildman–Crippen MR) is 80.3 cm³/mol. The van der Waals surface area contributed by atoms with Gasteiger partial charge in [0.15, 0.2) is 0 Å². The van der Waals surface area contributed by atoms with Crippen LogP contribution in [0.25, 0.3) is 0 Å². The summed E-state index contributed by atoms with van der Waals surface area (Å²) in [6.07, 6.45) is 0.974. The van der Waals surface area contributed by atoms with Crippen molar-refractivity contribution in [3.8, 4) is 5.75 Å². The van der Waals surface area contributed by atoms with Gasteiger partial charge >= 0.3 is 0 Å². The second kappa shape index (κ2) is 8.08. The van der Waals surface area contributed by atoms with Crippen LogP contribution in [-0.2, 0) is 13.8 Å². The van der Waals surface area contributed by atoms with E-state index in [2.05, 4.69) is 13.8 Å². The van der Waals surface area contributed by atoms with Gasteiger partial charge in [0.05, 0.1) is 6.61 Å². The number of rotatable bonds is 8. The van der Waals surface area contributed by atoms with E-state index in [0.29, 0.717) is 19.1 Å². The van der Waals surface area contributed by atoms with Gasteiger partial charge in [-0.1, -0.05) is 25.4 Å². The maximum Gasteiger partial charge on any atom is 0.265 e. The van der Waals surface area contributed by atoms with E-state index in [1.165, 1.54) is 12.1 Å². The van der Waals surface area contributed by atoms with Crippen LogP contribution in [0.15, 0.2) is 23.1 Å². The Bertz CT molecular complexity index is 529. The molecule has 0 fully saturated rings. The third-order valence-corrected chi connectivity index (χ3v) is 4.07. The molecular formula is C13H18Cl2O4S. The molecule has 1 aromatic rings. The molecule has 20 heavy (non-hydrogen) atoms. The molecule has 0 aromatic heterocycles. The van der Waals surface area contributed by atoms with Crippen LogP contribution in [0.4, 0.5) is 0 Å². The van der Waals surface area contributed by atoms with Crippen molar-refractivity contribution in [2.24, 2.45) is 5.92 Å². The molecule has 0 unspecified atom stereocenters. The van der Waals surface area contributed by atoms with E-state index in [-0.39, 0.29) is 22.3 Å². The van der Waals surface area contributed by atoms with E-state index in [1.54, 1.807) is 6.07 Å². The lowest BCUT2D eigenvalue weighted by Crippen LogP contribution is -2.10. The second-order valence-corrected chi connectivity index (χ2v) is 7.64. The van der Waals surface area contributed by atoms with Crippen molar-refractivity contribution < 1.29 is 17.9 Å². The zero-order chi connectivity index (χ0) is 15.2. The fourth-order valence-electron chi connectivity index (χ4n) is 1.42. The van der Waals surface area contributed by atoms with E-state index < -0.39 is 9.05 Å². The molecular weight excluding hydrogens is 323 g/mol. The molecule has 0 saturated heterocycles. The van der Waals surface area contributed by atoms with Gasteiger partial charge in [0, 0.05) is 22.3 Å². The van der Waals surface area contributed by atoms with E-state index in [4.69, 9.17) is 31.8 Å². The van der Waals surface area contributed by atoms with Crippen molar-refractivity contribution in [2.75, 3.05) is 19.8 Å². The van der Waals surface area contributed by atoms with Crippen LogP contribution in [-0.4, -0.2) is 28.2 Å². The second-order valence-electron chi connectivity index (χ2n) is 4.67. The van der Waals surface area contributed by atoms with Gasteiger partial charge < -0.3 is 9.47 Å². The molecule has 0 heterocycles. The highest BCUT2D eigenvalue weighted by Crippen LogP contribution is 2.29. The monoisotopic (exact) mass is 340 g/mol. The fourth-order valence-corrected chi connectivity index (χ4v) is 2.66. The highest BCUT2D eigenvalue weighted by molar-refractivity contribution is 8.13. The molecule has 0 amide bonds. The molecule has 114 valence electrons. The Balaban J connectivity index is 2.52. The molecule has 0 spiro atoms. The summed E-state index contributed by atoms with van der Waals surface area (Å²) in [6, 6.07) is 4.28. The molecule has 0 aliphatic heterocycles. The average molecular weight is 341 g/mol. The minimum atomic E-state index is -3.89. The maximum absolute atomic E-state index is 11.4. The molecule has 7 heteroatoms. The van der Waals surface area contributed by atoms with Gasteiger partial charge in [-0.15, -0.1) is 0 Å². The minimum Gasteiger partial charge on any atom is -0.490 e. The number of hydrogen-bond acceptors (Lipinski definition) is 4. The zero-order valence-electron chi connectivity index (χ0n) is 11.4. The summed E-state index contributed by atoms with van der Waals surface area (Å²) in [7, 11) is 1.44. The molecule has 0 radical (unpaired) electrons. The van der Waals surface area contributed by atoms with Crippen LogP contribution in [0, 0.1) is 5.92 Å². The van der Waals surface area contributed by atoms with E-state index in [9.17, 15) is 8.42 Å². The van der Waals surface area contributed by atoms with Crippen LogP contribution in [0.5, 0.6) is 5.75 Å². The lowest BCUT2D eigenvalue weighted by molar-refractivity contribution is 0.0917. The van der Waals surface area contributed by atoms with Gasteiger partial charge in [-0.05, 0) is 30.5 Å². The largest absolute Gasteiger partial charge is 0.490 e. The standard InChI is InChI=1S/C13H18Cl2O4S/c1-10(2)5-6-18-7-8-19-12-4-3-11(14)9-13(12)20(15,16)17/h3-4,9-10H,5-8H2,1-2H3.